The predicted molar refractivity (Wildman–Crippen MR) is 60.3 cm³/mol. The third-order valence-electron chi connectivity index (χ3n) is 1.65. The number of benzene rings is 1. The van der Waals surface area contributed by atoms with Gasteiger partial charge in [0.25, 0.3) is 0 Å². The van der Waals surface area contributed by atoms with E-state index in [9.17, 15) is 21.6 Å². The van der Waals surface area contributed by atoms with Crippen LogP contribution in [0.3, 0.4) is 0 Å². The van der Waals surface area contributed by atoms with Crippen molar-refractivity contribution in [1.29, 1.82) is 0 Å². The van der Waals surface area contributed by atoms with E-state index < -0.39 is 21.4 Å². The average molecular weight is 289 g/mol. The molecular formula is C8H10F3NO3S2. The minimum atomic E-state index is -5.60. The van der Waals surface area contributed by atoms with Gasteiger partial charge >= 0.3 is 15.6 Å². The lowest BCUT2D eigenvalue weighted by atomic mass is 10.2. The van der Waals surface area contributed by atoms with Crippen LogP contribution < -0.4 is 9.92 Å². The molecule has 0 radical (unpaired) electrons. The first kappa shape index (κ1) is 16.1. The molecule has 0 aliphatic heterocycles. The van der Waals surface area contributed by atoms with Gasteiger partial charge in [0.1, 0.15) is 5.75 Å². The molecule has 4 nitrogen and oxygen atoms in total. The third kappa shape index (κ3) is 4.10. The van der Waals surface area contributed by atoms with Crippen molar-refractivity contribution < 1.29 is 25.8 Å². The van der Waals surface area contributed by atoms with Gasteiger partial charge in [-0.3, -0.25) is 0 Å². The van der Waals surface area contributed by atoms with Gasteiger partial charge in [-0.1, -0.05) is 12.1 Å². The van der Waals surface area contributed by atoms with Gasteiger partial charge in [0.05, 0.1) is 0 Å². The van der Waals surface area contributed by atoms with Gasteiger partial charge < -0.3 is 9.92 Å². The van der Waals surface area contributed by atoms with Crippen molar-refractivity contribution >= 4 is 23.6 Å². The molecule has 0 saturated carbocycles. The van der Waals surface area contributed by atoms with E-state index in [-0.39, 0.29) is 20.0 Å². The van der Waals surface area contributed by atoms with Crippen molar-refractivity contribution in [1.82, 2.24) is 0 Å². The molecule has 0 saturated heterocycles. The van der Waals surface area contributed by atoms with Crippen LogP contribution in [0.2, 0.25) is 0 Å². The second kappa shape index (κ2) is 5.61. The Hall–Kier alpha value is -0.930. The van der Waals surface area contributed by atoms with Crippen LogP contribution in [0.15, 0.2) is 24.3 Å². The summed E-state index contributed by atoms with van der Waals surface area (Å²) in [6.07, 6.45) is 0. The summed E-state index contributed by atoms with van der Waals surface area (Å²) >= 11 is 0. The van der Waals surface area contributed by atoms with Crippen molar-refractivity contribution in [3.05, 3.63) is 29.8 Å². The predicted octanol–water partition coefficient (Wildman–Crippen LogP) is 1.49. The lowest BCUT2D eigenvalue weighted by Crippen LogP contribution is -2.28. The fourth-order valence-electron chi connectivity index (χ4n) is 0.855. The summed E-state index contributed by atoms with van der Waals surface area (Å²) in [4.78, 5) is 0. The summed E-state index contributed by atoms with van der Waals surface area (Å²) < 4.78 is 60.9. The van der Waals surface area contributed by atoms with Gasteiger partial charge in [-0.15, -0.1) is 0 Å². The Morgan fingerprint density at radius 1 is 1.18 bits per heavy atom. The fourth-order valence-corrected chi connectivity index (χ4v) is 1.31. The van der Waals surface area contributed by atoms with Crippen LogP contribution >= 0.6 is 13.5 Å². The van der Waals surface area contributed by atoms with Crippen molar-refractivity contribution in [2.45, 2.75) is 12.1 Å². The zero-order valence-corrected chi connectivity index (χ0v) is 10.2. The first-order valence-corrected chi connectivity index (χ1v) is 5.47. The molecule has 1 aromatic carbocycles. The number of halogens is 3. The fraction of sp³-hybridized carbons (Fsp3) is 0.250. The molecule has 0 atom stereocenters. The van der Waals surface area contributed by atoms with Gasteiger partial charge in [0.15, 0.2) is 0 Å². The Kier molecular flexibility index (Phi) is 5.30. The topological polar surface area (TPSA) is 69.4 Å². The van der Waals surface area contributed by atoms with Crippen molar-refractivity contribution in [2.75, 3.05) is 0 Å². The van der Waals surface area contributed by atoms with E-state index in [1.807, 2.05) is 0 Å². The van der Waals surface area contributed by atoms with Gasteiger partial charge in [-0.25, -0.2) is 0 Å². The van der Waals surface area contributed by atoms with Crippen LogP contribution in [0, 0.1) is 0 Å². The molecule has 0 fully saturated rings. The largest absolute Gasteiger partial charge is 0.534 e. The van der Waals surface area contributed by atoms with E-state index in [4.69, 9.17) is 5.73 Å². The van der Waals surface area contributed by atoms with Crippen LogP contribution in [0.1, 0.15) is 5.56 Å². The van der Waals surface area contributed by atoms with Crippen molar-refractivity contribution in [3.8, 4) is 5.75 Å². The summed E-state index contributed by atoms with van der Waals surface area (Å²) in [6.45, 7) is 0.201. The van der Waals surface area contributed by atoms with E-state index in [1.54, 1.807) is 0 Å². The lowest BCUT2D eigenvalue weighted by molar-refractivity contribution is -0.0500. The maximum atomic E-state index is 11.9. The number of hydrogen-bond donors (Lipinski definition) is 1. The molecule has 1 rings (SSSR count). The molecule has 0 spiro atoms. The first-order chi connectivity index (χ1) is 7.26. The highest BCUT2D eigenvalue weighted by atomic mass is 32.2. The molecule has 0 aliphatic carbocycles. The van der Waals surface area contributed by atoms with E-state index in [1.165, 1.54) is 12.1 Å². The third-order valence-corrected chi connectivity index (χ3v) is 2.63. The van der Waals surface area contributed by atoms with E-state index in [0.29, 0.717) is 5.56 Å². The summed E-state index contributed by atoms with van der Waals surface area (Å²) in [5.41, 5.74) is 0.476. The van der Waals surface area contributed by atoms with Crippen LogP contribution in [-0.2, 0) is 16.7 Å². The Morgan fingerprint density at radius 3 is 2.00 bits per heavy atom. The van der Waals surface area contributed by atoms with Gasteiger partial charge in [0, 0.05) is 6.54 Å². The summed E-state index contributed by atoms with van der Waals surface area (Å²) in [5, 5.41) is 0. The Balaban J connectivity index is 0.00000256. The van der Waals surface area contributed by atoms with E-state index in [0.717, 1.165) is 12.1 Å². The molecule has 0 heterocycles. The van der Waals surface area contributed by atoms with E-state index in [2.05, 4.69) is 4.18 Å². The second-order valence-corrected chi connectivity index (χ2v) is 4.37. The van der Waals surface area contributed by atoms with Crippen LogP contribution in [0.4, 0.5) is 13.2 Å². The Bertz CT molecular complexity index is 456. The lowest BCUT2D eigenvalue weighted by Gasteiger charge is -2.09. The number of hydrogen-bond acceptors (Lipinski definition) is 4. The molecule has 0 aromatic heterocycles. The SMILES string of the molecule is NCc1ccc(OS(=O)(=O)C(F)(F)F)cc1.S. The first-order valence-electron chi connectivity index (χ1n) is 4.06. The normalized spacial score (nSPS) is 11.8. The quantitative estimate of drug-likeness (QED) is 0.676. The maximum absolute atomic E-state index is 11.9. The van der Waals surface area contributed by atoms with Crippen LogP contribution in [-0.4, -0.2) is 13.9 Å². The van der Waals surface area contributed by atoms with Gasteiger partial charge in [-0.05, 0) is 17.7 Å². The summed E-state index contributed by atoms with van der Waals surface area (Å²) in [5.74, 6) is -0.408. The standard InChI is InChI=1S/C8H8F3NO3S.H2S/c9-8(10,11)16(13,14)15-7-3-1-6(5-12)2-4-7;/h1-4H,5,12H2;1H2. The summed E-state index contributed by atoms with van der Waals surface area (Å²) in [6, 6.07) is 4.96. The van der Waals surface area contributed by atoms with Gasteiger partial charge in [-0.2, -0.15) is 35.1 Å². The molecular weight excluding hydrogens is 279 g/mol. The highest BCUT2D eigenvalue weighted by molar-refractivity contribution is 7.88. The Labute approximate surface area is 103 Å². The zero-order chi connectivity index (χ0) is 12.4. The van der Waals surface area contributed by atoms with Gasteiger partial charge in [0.2, 0.25) is 0 Å². The minimum Gasteiger partial charge on any atom is -0.376 e. The highest BCUT2D eigenvalue weighted by Crippen LogP contribution is 2.26. The van der Waals surface area contributed by atoms with Crippen LogP contribution in [0.25, 0.3) is 0 Å². The van der Waals surface area contributed by atoms with Crippen molar-refractivity contribution in [3.63, 3.8) is 0 Å². The number of rotatable bonds is 3. The molecule has 2 N–H and O–H groups in total. The van der Waals surface area contributed by atoms with Crippen molar-refractivity contribution in [2.24, 2.45) is 5.73 Å². The molecule has 1 aromatic rings. The van der Waals surface area contributed by atoms with E-state index >= 15 is 0 Å². The molecule has 0 bridgehead atoms. The molecule has 9 heteroatoms. The monoisotopic (exact) mass is 289 g/mol. The second-order valence-electron chi connectivity index (χ2n) is 2.83. The maximum Gasteiger partial charge on any atom is 0.534 e. The smallest absolute Gasteiger partial charge is 0.376 e. The molecule has 0 aliphatic rings. The van der Waals surface area contributed by atoms with Crippen LogP contribution in [0.5, 0.6) is 5.75 Å². The Morgan fingerprint density at radius 2 is 1.65 bits per heavy atom. The molecule has 17 heavy (non-hydrogen) atoms. The average Bonchev–Trinajstić information content (AvgIpc) is 2.16. The molecule has 98 valence electrons. The number of nitrogens with two attached hydrogens (primary N) is 1. The highest BCUT2D eigenvalue weighted by Gasteiger charge is 2.48. The molecule has 0 unspecified atom stereocenters. The zero-order valence-electron chi connectivity index (χ0n) is 8.36. The number of alkyl halides is 3. The minimum absolute atomic E-state index is 0. The summed E-state index contributed by atoms with van der Waals surface area (Å²) in [7, 11) is -5.60. The molecule has 0 amide bonds.